The van der Waals surface area contributed by atoms with Crippen molar-refractivity contribution < 1.29 is 13.2 Å². The molecule has 7 nitrogen and oxygen atoms in total. The lowest BCUT2D eigenvalue weighted by atomic mass is 10.1. The van der Waals surface area contributed by atoms with Gasteiger partial charge in [0, 0.05) is 24.3 Å². The van der Waals surface area contributed by atoms with Crippen LogP contribution in [0.4, 0.5) is 5.69 Å². The molecule has 1 N–H and O–H groups in total. The maximum absolute atomic E-state index is 12.9. The topological polar surface area (TPSA) is 92.3 Å². The molecule has 4 aromatic rings. The molecule has 0 atom stereocenters. The first kappa shape index (κ1) is 19.8. The average Bonchev–Trinajstić information content (AvgIpc) is 3.44. The monoisotopic (exact) mass is 450 g/mol. The third kappa shape index (κ3) is 3.71. The summed E-state index contributed by atoms with van der Waals surface area (Å²) in [4.78, 5) is 14.8. The van der Waals surface area contributed by atoms with Gasteiger partial charge in [0.2, 0.25) is 10.0 Å². The number of benzene rings is 3. The Bertz CT molecular complexity index is 1380. The molecular formula is C22H18N4O3S2. The van der Waals surface area contributed by atoms with Crippen molar-refractivity contribution >= 4 is 44.4 Å². The largest absolute Gasteiger partial charge is 0.308 e. The molecule has 1 amide bonds. The molecule has 0 saturated heterocycles. The highest BCUT2D eigenvalue weighted by Crippen LogP contribution is 2.30. The van der Waals surface area contributed by atoms with E-state index in [4.69, 9.17) is 0 Å². The van der Waals surface area contributed by atoms with E-state index < -0.39 is 10.0 Å². The van der Waals surface area contributed by atoms with Gasteiger partial charge in [-0.25, -0.2) is 13.1 Å². The van der Waals surface area contributed by atoms with Gasteiger partial charge < -0.3 is 4.90 Å². The first-order valence-corrected chi connectivity index (χ1v) is 11.9. The van der Waals surface area contributed by atoms with E-state index in [2.05, 4.69) is 13.5 Å². The Morgan fingerprint density at radius 2 is 1.87 bits per heavy atom. The molecule has 0 radical (unpaired) electrons. The molecule has 9 heteroatoms. The molecular weight excluding hydrogens is 432 g/mol. The Morgan fingerprint density at radius 3 is 2.71 bits per heavy atom. The normalized spacial score (nSPS) is 13.5. The van der Waals surface area contributed by atoms with Gasteiger partial charge in [-0.3, -0.25) is 4.79 Å². The molecule has 1 aromatic heterocycles. The van der Waals surface area contributed by atoms with Crippen LogP contribution in [0.15, 0.2) is 71.6 Å². The van der Waals surface area contributed by atoms with E-state index in [0.29, 0.717) is 23.1 Å². The third-order valence-corrected chi connectivity index (χ3v) is 7.29. The number of hydrogen-bond donors (Lipinski definition) is 1. The quantitative estimate of drug-likeness (QED) is 0.503. The summed E-state index contributed by atoms with van der Waals surface area (Å²) in [6.45, 7) is 0.716. The number of aromatic nitrogens is 2. The van der Waals surface area contributed by atoms with Crippen LogP contribution >= 0.6 is 11.7 Å². The molecule has 0 bridgehead atoms. The number of fused-ring (bicyclic) bond motifs is 2. The molecule has 0 saturated carbocycles. The van der Waals surface area contributed by atoms with Crippen molar-refractivity contribution in [2.45, 2.75) is 17.9 Å². The number of rotatable bonds is 5. The molecule has 31 heavy (non-hydrogen) atoms. The number of amides is 1. The van der Waals surface area contributed by atoms with Crippen molar-refractivity contribution in [3.8, 4) is 0 Å². The van der Waals surface area contributed by atoms with Crippen molar-refractivity contribution in [1.29, 1.82) is 0 Å². The number of hydrogen-bond acceptors (Lipinski definition) is 6. The molecule has 1 aliphatic rings. The van der Waals surface area contributed by atoms with E-state index in [0.717, 1.165) is 35.0 Å². The van der Waals surface area contributed by atoms with Crippen LogP contribution in [0.25, 0.3) is 11.0 Å². The van der Waals surface area contributed by atoms with Gasteiger partial charge in [0.05, 0.1) is 11.7 Å². The molecule has 3 aromatic carbocycles. The number of carbonyl (C=O) groups excluding carboxylic acids is 1. The average molecular weight is 451 g/mol. The fourth-order valence-electron chi connectivity index (χ4n) is 3.74. The van der Waals surface area contributed by atoms with Gasteiger partial charge in [0.15, 0.2) is 0 Å². The van der Waals surface area contributed by atoms with Crippen molar-refractivity contribution in [1.82, 2.24) is 13.5 Å². The van der Waals surface area contributed by atoms with Crippen molar-refractivity contribution in [2.24, 2.45) is 0 Å². The van der Waals surface area contributed by atoms with E-state index in [1.165, 1.54) is 6.07 Å². The predicted octanol–water partition coefficient (Wildman–Crippen LogP) is 3.37. The van der Waals surface area contributed by atoms with Crippen molar-refractivity contribution in [3.05, 3.63) is 83.4 Å². The molecule has 5 rings (SSSR count). The minimum absolute atomic E-state index is 0.0557. The van der Waals surface area contributed by atoms with E-state index in [-0.39, 0.29) is 17.3 Å². The molecule has 1 aliphatic heterocycles. The molecule has 0 aliphatic carbocycles. The first-order chi connectivity index (χ1) is 15.0. The van der Waals surface area contributed by atoms with Crippen molar-refractivity contribution in [2.75, 3.05) is 11.4 Å². The Labute approximate surface area is 183 Å². The summed E-state index contributed by atoms with van der Waals surface area (Å²) in [6.07, 6.45) is 0.777. The van der Waals surface area contributed by atoms with Crippen LogP contribution < -0.4 is 9.62 Å². The third-order valence-electron chi connectivity index (χ3n) is 5.32. The summed E-state index contributed by atoms with van der Waals surface area (Å²) in [6, 6.07) is 19.8. The first-order valence-electron chi connectivity index (χ1n) is 9.72. The maximum atomic E-state index is 12.9. The van der Waals surface area contributed by atoms with E-state index in [1.807, 2.05) is 36.4 Å². The van der Waals surface area contributed by atoms with Crippen LogP contribution in [-0.4, -0.2) is 29.6 Å². The number of carbonyl (C=O) groups is 1. The summed E-state index contributed by atoms with van der Waals surface area (Å²) in [5.74, 6) is -0.0557. The predicted molar refractivity (Wildman–Crippen MR) is 120 cm³/mol. The van der Waals surface area contributed by atoms with Gasteiger partial charge in [-0.15, -0.1) is 0 Å². The van der Waals surface area contributed by atoms with Crippen LogP contribution in [0.1, 0.15) is 21.5 Å². The second-order valence-electron chi connectivity index (χ2n) is 7.25. The second-order valence-corrected chi connectivity index (χ2v) is 9.51. The number of nitrogens with zero attached hydrogens (tertiary/aromatic N) is 3. The number of nitrogens with one attached hydrogen (secondary N) is 1. The van der Waals surface area contributed by atoms with Gasteiger partial charge in [-0.05, 0) is 47.9 Å². The lowest BCUT2D eigenvalue weighted by molar-refractivity contribution is 0.0989. The fourth-order valence-corrected chi connectivity index (χ4v) is 5.52. The summed E-state index contributed by atoms with van der Waals surface area (Å²) >= 11 is 0.982. The molecule has 2 heterocycles. The van der Waals surface area contributed by atoms with Gasteiger partial charge in [-0.1, -0.05) is 36.4 Å². The second kappa shape index (κ2) is 7.84. The number of sulfonamides is 1. The Kier molecular flexibility index (Phi) is 5.01. The summed E-state index contributed by atoms with van der Waals surface area (Å²) in [5.41, 5.74) is 4.24. The maximum Gasteiger partial charge on any atom is 0.258 e. The van der Waals surface area contributed by atoms with E-state index in [9.17, 15) is 13.2 Å². The summed E-state index contributed by atoms with van der Waals surface area (Å²) in [5, 5.41) is 0. The standard InChI is InChI=1S/C22H18N4O3S2/c27-22(17-5-2-1-3-6-17)26-12-11-16-10-9-15(13-19(16)26)14-23-31(28,29)20-8-4-7-18-21(20)25-30-24-18/h1-10,13,23H,11-12,14H2. The SMILES string of the molecule is O=C(c1ccccc1)N1CCc2ccc(CNS(=O)(=O)c3cccc4nsnc34)cc21. The van der Waals surface area contributed by atoms with Crippen LogP contribution in [0.5, 0.6) is 0 Å². The molecule has 0 spiro atoms. The Hall–Kier alpha value is -3.14. The Morgan fingerprint density at radius 1 is 1.03 bits per heavy atom. The summed E-state index contributed by atoms with van der Waals surface area (Å²) < 4.78 is 36.6. The highest BCUT2D eigenvalue weighted by atomic mass is 32.2. The summed E-state index contributed by atoms with van der Waals surface area (Å²) in [7, 11) is -3.77. The van der Waals surface area contributed by atoms with Gasteiger partial charge in [0.1, 0.15) is 15.9 Å². The highest BCUT2D eigenvalue weighted by Gasteiger charge is 2.26. The zero-order valence-electron chi connectivity index (χ0n) is 16.4. The molecule has 156 valence electrons. The zero-order valence-corrected chi connectivity index (χ0v) is 18.0. The number of anilines is 1. The molecule has 0 unspecified atom stereocenters. The Balaban J connectivity index is 1.38. The minimum Gasteiger partial charge on any atom is -0.308 e. The van der Waals surface area contributed by atoms with Gasteiger partial charge >= 0.3 is 0 Å². The van der Waals surface area contributed by atoms with Crippen LogP contribution in [-0.2, 0) is 23.0 Å². The lowest BCUT2D eigenvalue weighted by Gasteiger charge is -2.18. The highest BCUT2D eigenvalue weighted by molar-refractivity contribution is 7.89. The minimum atomic E-state index is -3.77. The van der Waals surface area contributed by atoms with Crippen molar-refractivity contribution in [3.63, 3.8) is 0 Å². The van der Waals surface area contributed by atoms with Gasteiger partial charge in [0.25, 0.3) is 5.91 Å². The zero-order chi connectivity index (χ0) is 21.4. The van der Waals surface area contributed by atoms with Gasteiger partial charge in [-0.2, -0.15) is 8.75 Å². The van der Waals surface area contributed by atoms with Crippen LogP contribution in [0.3, 0.4) is 0 Å². The smallest absolute Gasteiger partial charge is 0.258 e. The molecule has 0 fully saturated rings. The fraction of sp³-hybridized carbons (Fsp3) is 0.136. The van der Waals surface area contributed by atoms with Crippen LogP contribution in [0.2, 0.25) is 0 Å². The lowest BCUT2D eigenvalue weighted by Crippen LogP contribution is -2.29. The van der Waals surface area contributed by atoms with Crippen LogP contribution in [0, 0.1) is 0 Å². The van der Waals surface area contributed by atoms with E-state index >= 15 is 0 Å². The van der Waals surface area contributed by atoms with E-state index in [1.54, 1.807) is 29.2 Å².